The molecule has 122 valence electrons. The number of rotatable bonds is 6. The van der Waals surface area contributed by atoms with Crippen LogP contribution in [0.5, 0.6) is 0 Å². The molecule has 2 aliphatic carbocycles. The molecule has 3 rings (SSSR count). The van der Waals surface area contributed by atoms with E-state index in [4.69, 9.17) is 0 Å². The molecule has 3 fully saturated rings. The van der Waals surface area contributed by atoms with Crippen molar-refractivity contribution >= 4 is 0 Å². The van der Waals surface area contributed by atoms with Gasteiger partial charge in [-0.1, -0.05) is 6.42 Å². The molecule has 2 atom stereocenters. The van der Waals surface area contributed by atoms with Gasteiger partial charge in [-0.25, -0.2) is 0 Å². The first-order valence-corrected chi connectivity index (χ1v) is 9.01. The molecule has 1 aliphatic heterocycles. The SMILES string of the molecule is CN1CCCN(CCC2CCCC2(CO)NC2CC2)CC1. The molecule has 2 N–H and O–H groups in total. The summed E-state index contributed by atoms with van der Waals surface area (Å²) in [5.74, 6) is 0.670. The minimum atomic E-state index is 0.0454. The fourth-order valence-electron chi connectivity index (χ4n) is 4.30. The molecule has 0 aromatic carbocycles. The lowest BCUT2D eigenvalue weighted by molar-refractivity contribution is 0.109. The van der Waals surface area contributed by atoms with Crippen LogP contribution in [0, 0.1) is 5.92 Å². The molecule has 0 aromatic rings. The molecule has 0 radical (unpaired) electrons. The van der Waals surface area contributed by atoms with Crippen molar-refractivity contribution in [3.63, 3.8) is 0 Å². The average Bonchev–Trinajstić information content (AvgIpc) is 3.24. The lowest BCUT2D eigenvalue weighted by atomic mass is 9.85. The summed E-state index contributed by atoms with van der Waals surface area (Å²) in [5.41, 5.74) is 0.0454. The highest BCUT2D eigenvalue weighted by Crippen LogP contribution is 2.40. The summed E-state index contributed by atoms with van der Waals surface area (Å²) in [4.78, 5) is 5.09. The number of hydrogen-bond donors (Lipinski definition) is 2. The Bertz CT molecular complexity index is 334. The van der Waals surface area contributed by atoms with Crippen LogP contribution in [0.2, 0.25) is 0 Å². The third-order valence-electron chi connectivity index (χ3n) is 5.91. The topological polar surface area (TPSA) is 38.7 Å². The van der Waals surface area contributed by atoms with E-state index in [0.717, 1.165) is 0 Å². The summed E-state index contributed by atoms with van der Waals surface area (Å²) in [6.07, 6.45) is 8.94. The van der Waals surface area contributed by atoms with Crippen LogP contribution < -0.4 is 5.32 Å². The van der Waals surface area contributed by atoms with E-state index in [9.17, 15) is 5.11 Å². The lowest BCUT2D eigenvalue weighted by Crippen LogP contribution is -2.53. The van der Waals surface area contributed by atoms with E-state index < -0.39 is 0 Å². The fourth-order valence-corrected chi connectivity index (χ4v) is 4.30. The molecule has 0 amide bonds. The second-order valence-corrected chi connectivity index (χ2v) is 7.61. The van der Waals surface area contributed by atoms with Gasteiger partial charge in [0.25, 0.3) is 0 Å². The Hall–Kier alpha value is -0.160. The van der Waals surface area contributed by atoms with E-state index in [0.29, 0.717) is 18.6 Å². The van der Waals surface area contributed by atoms with Gasteiger partial charge in [-0.05, 0) is 71.1 Å². The standard InChI is InChI=1S/C17H33N3O/c1-19-9-3-10-20(13-12-19)11-7-15-4-2-8-17(15,14-21)18-16-5-6-16/h15-16,18,21H,2-14H2,1H3. The Morgan fingerprint density at radius 1 is 1.10 bits per heavy atom. The van der Waals surface area contributed by atoms with Crippen molar-refractivity contribution in [2.75, 3.05) is 46.4 Å². The predicted octanol–water partition coefficient (Wildman–Crippen LogP) is 1.30. The molecule has 3 aliphatic rings. The van der Waals surface area contributed by atoms with Crippen molar-refractivity contribution in [1.82, 2.24) is 15.1 Å². The molecular weight excluding hydrogens is 262 g/mol. The summed E-state index contributed by atoms with van der Waals surface area (Å²) >= 11 is 0. The monoisotopic (exact) mass is 295 g/mol. The molecule has 1 saturated heterocycles. The third-order valence-corrected chi connectivity index (χ3v) is 5.91. The van der Waals surface area contributed by atoms with Gasteiger partial charge in [-0.2, -0.15) is 0 Å². The first-order chi connectivity index (χ1) is 10.2. The van der Waals surface area contributed by atoms with Crippen LogP contribution in [0.1, 0.15) is 44.9 Å². The Labute approximate surface area is 129 Å². The van der Waals surface area contributed by atoms with Crippen LogP contribution in [-0.4, -0.2) is 72.9 Å². The van der Waals surface area contributed by atoms with Crippen molar-refractivity contribution in [2.45, 2.75) is 56.5 Å². The van der Waals surface area contributed by atoms with Gasteiger partial charge >= 0.3 is 0 Å². The van der Waals surface area contributed by atoms with Gasteiger partial charge in [-0.15, -0.1) is 0 Å². The normalized spacial score (nSPS) is 36.0. The molecule has 4 heteroatoms. The van der Waals surface area contributed by atoms with Gasteiger partial charge in [0, 0.05) is 24.7 Å². The third kappa shape index (κ3) is 3.98. The number of likely N-dealkylation sites (N-methyl/N-ethyl adjacent to an activating group) is 1. The molecule has 1 heterocycles. The first-order valence-electron chi connectivity index (χ1n) is 9.01. The molecule has 0 bridgehead atoms. The van der Waals surface area contributed by atoms with Gasteiger partial charge in [0.15, 0.2) is 0 Å². The number of nitrogens with zero attached hydrogens (tertiary/aromatic N) is 2. The van der Waals surface area contributed by atoms with Gasteiger partial charge in [0.1, 0.15) is 0 Å². The second kappa shape index (κ2) is 6.95. The summed E-state index contributed by atoms with van der Waals surface area (Å²) < 4.78 is 0. The van der Waals surface area contributed by atoms with Crippen LogP contribution in [0.4, 0.5) is 0 Å². The van der Waals surface area contributed by atoms with Gasteiger partial charge < -0.3 is 20.2 Å². The van der Waals surface area contributed by atoms with Crippen molar-refractivity contribution in [3.8, 4) is 0 Å². The summed E-state index contributed by atoms with van der Waals surface area (Å²) in [5, 5.41) is 13.8. The Morgan fingerprint density at radius 2 is 1.95 bits per heavy atom. The average molecular weight is 295 g/mol. The highest BCUT2D eigenvalue weighted by atomic mass is 16.3. The Balaban J connectivity index is 1.50. The highest BCUT2D eigenvalue weighted by molar-refractivity contribution is 5.03. The van der Waals surface area contributed by atoms with Gasteiger partial charge in [0.05, 0.1) is 6.61 Å². The summed E-state index contributed by atoms with van der Waals surface area (Å²) in [6.45, 7) is 6.45. The maximum Gasteiger partial charge on any atom is 0.0616 e. The molecule has 2 saturated carbocycles. The fraction of sp³-hybridized carbons (Fsp3) is 1.00. The number of hydrogen-bond acceptors (Lipinski definition) is 4. The first kappa shape index (κ1) is 15.7. The summed E-state index contributed by atoms with van der Waals surface area (Å²) in [6, 6.07) is 0.699. The Morgan fingerprint density at radius 3 is 2.71 bits per heavy atom. The van der Waals surface area contributed by atoms with Crippen LogP contribution in [0.25, 0.3) is 0 Å². The Kier molecular flexibility index (Phi) is 5.20. The van der Waals surface area contributed by atoms with Gasteiger partial charge in [-0.3, -0.25) is 0 Å². The number of nitrogens with one attached hydrogen (secondary N) is 1. The van der Waals surface area contributed by atoms with Crippen molar-refractivity contribution < 1.29 is 5.11 Å². The van der Waals surface area contributed by atoms with Crippen LogP contribution in [0.15, 0.2) is 0 Å². The zero-order valence-electron chi connectivity index (χ0n) is 13.7. The van der Waals surface area contributed by atoms with Crippen LogP contribution >= 0.6 is 0 Å². The van der Waals surface area contributed by atoms with E-state index in [2.05, 4.69) is 22.2 Å². The van der Waals surface area contributed by atoms with Crippen molar-refractivity contribution in [2.24, 2.45) is 5.92 Å². The second-order valence-electron chi connectivity index (χ2n) is 7.61. The van der Waals surface area contributed by atoms with E-state index in [1.165, 1.54) is 77.7 Å². The molecule has 0 aromatic heterocycles. The molecule has 4 nitrogen and oxygen atoms in total. The zero-order valence-corrected chi connectivity index (χ0v) is 13.7. The van der Waals surface area contributed by atoms with Crippen molar-refractivity contribution in [1.29, 1.82) is 0 Å². The predicted molar refractivity (Wildman–Crippen MR) is 86.5 cm³/mol. The van der Waals surface area contributed by atoms with E-state index in [-0.39, 0.29) is 5.54 Å². The lowest BCUT2D eigenvalue weighted by Gasteiger charge is -2.36. The van der Waals surface area contributed by atoms with Crippen LogP contribution in [0.3, 0.4) is 0 Å². The van der Waals surface area contributed by atoms with E-state index in [1.807, 2.05) is 0 Å². The molecular formula is C17H33N3O. The zero-order chi connectivity index (χ0) is 14.7. The smallest absolute Gasteiger partial charge is 0.0616 e. The minimum absolute atomic E-state index is 0.0454. The maximum atomic E-state index is 10.00. The van der Waals surface area contributed by atoms with E-state index >= 15 is 0 Å². The molecule has 21 heavy (non-hydrogen) atoms. The van der Waals surface area contributed by atoms with Gasteiger partial charge in [0.2, 0.25) is 0 Å². The maximum absolute atomic E-state index is 10.00. The van der Waals surface area contributed by atoms with Crippen LogP contribution in [-0.2, 0) is 0 Å². The quantitative estimate of drug-likeness (QED) is 0.775. The summed E-state index contributed by atoms with van der Waals surface area (Å²) in [7, 11) is 2.23. The highest BCUT2D eigenvalue weighted by Gasteiger charge is 2.44. The number of aliphatic hydroxyl groups is 1. The minimum Gasteiger partial charge on any atom is -0.394 e. The van der Waals surface area contributed by atoms with Crippen molar-refractivity contribution in [3.05, 3.63) is 0 Å². The largest absolute Gasteiger partial charge is 0.394 e. The molecule has 0 spiro atoms. The van der Waals surface area contributed by atoms with E-state index in [1.54, 1.807) is 0 Å². The number of aliphatic hydroxyl groups excluding tert-OH is 1. The molecule has 2 unspecified atom stereocenters.